The Kier molecular flexibility index (Phi) is 5.03. The molecule has 1 amide bonds. The molecule has 1 aliphatic carbocycles. The number of rotatable bonds is 8. The van der Waals surface area contributed by atoms with Crippen molar-refractivity contribution in [2.24, 2.45) is 5.41 Å². The molecule has 0 atom stereocenters. The molecule has 0 saturated heterocycles. The van der Waals surface area contributed by atoms with E-state index in [9.17, 15) is 4.79 Å². The number of amides is 1. The maximum Gasteiger partial charge on any atom is 0.251 e. The van der Waals surface area contributed by atoms with Crippen LogP contribution in [0.4, 0.5) is 0 Å². The summed E-state index contributed by atoms with van der Waals surface area (Å²) in [6.45, 7) is 1.76. The number of thioether (sulfide) groups is 1. The minimum atomic E-state index is -0.0272. The first-order chi connectivity index (χ1) is 11.2. The number of aromatic nitrogens is 2. The van der Waals surface area contributed by atoms with Gasteiger partial charge in [-0.2, -0.15) is 0 Å². The monoisotopic (exact) mass is 331 g/mol. The van der Waals surface area contributed by atoms with E-state index in [0.717, 1.165) is 24.3 Å². The molecule has 0 unspecified atom stereocenters. The molecule has 0 bridgehead atoms. The zero-order valence-corrected chi connectivity index (χ0v) is 13.8. The van der Waals surface area contributed by atoms with E-state index in [1.807, 2.05) is 36.8 Å². The Morgan fingerprint density at radius 1 is 1.35 bits per heavy atom. The summed E-state index contributed by atoms with van der Waals surface area (Å²) in [5.74, 6) is 0.642. The lowest BCUT2D eigenvalue weighted by Gasteiger charge is -2.16. The van der Waals surface area contributed by atoms with Gasteiger partial charge in [-0.3, -0.25) is 4.79 Å². The van der Waals surface area contributed by atoms with Crippen molar-refractivity contribution in [3.05, 3.63) is 48.5 Å². The number of nitrogens with zero attached hydrogens (tertiary/aromatic N) is 2. The summed E-state index contributed by atoms with van der Waals surface area (Å²) in [4.78, 5) is 17.4. The fraction of sp³-hybridized carbons (Fsp3) is 0.412. The van der Waals surface area contributed by atoms with Gasteiger partial charge in [0.25, 0.3) is 5.91 Å². The molecule has 1 fully saturated rings. The van der Waals surface area contributed by atoms with Crippen LogP contribution in [0.15, 0.2) is 47.9 Å². The van der Waals surface area contributed by atoms with Crippen LogP contribution in [0.1, 0.15) is 23.2 Å². The number of carbonyl (C=O) groups excluding carboxylic acids is 1. The molecule has 3 rings (SSSR count). The van der Waals surface area contributed by atoms with Gasteiger partial charge < -0.3 is 15.0 Å². The minimum absolute atomic E-state index is 0.0272. The Balaban J connectivity index is 1.51. The van der Waals surface area contributed by atoms with Gasteiger partial charge >= 0.3 is 0 Å². The normalized spacial score (nSPS) is 15.3. The predicted molar refractivity (Wildman–Crippen MR) is 90.5 cm³/mol. The first-order valence-electron chi connectivity index (χ1n) is 7.78. The summed E-state index contributed by atoms with van der Waals surface area (Å²) in [6.07, 6.45) is 7.85. The highest BCUT2D eigenvalue weighted by atomic mass is 32.2. The van der Waals surface area contributed by atoms with Gasteiger partial charge in [-0.1, -0.05) is 0 Å². The van der Waals surface area contributed by atoms with Crippen molar-refractivity contribution >= 4 is 17.7 Å². The largest absolute Gasteiger partial charge is 0.396 e. The van der Waals surface area contributed by atoms with Crippen molar-refractivity contribution < 1.29 is 9.90 Å². The molecule has 2 N–H and O–H groups in total. The second-order valence-corrected chi connectivity index (χ2v) is 7.18. The number of imidazole rings is 1. The van der Waals surface area contributed by atoms with Crippen LogP contribution in [0.2, 0.25) is 0 Å². The van der Waals surface area contributed by atoms with Crippen LogP contribution in [-0.4, -0.2) is 39.5 Å². The molecule has 1 heterocycles. The Bertz CT molecular complexity index is 636. The van der Waals surface area contributed by atoms with E-state index in [1.165, 1.54) is 0 Å². The molecule has 0 spiro atoms. The Morgan fingerprint density at radius 2 is 2.13 bits per heavy atom. The van der Waals surface area contributed by atoms with Crippen molar-refractivity contribution in [3.63, 3.8) is 0 Å². The van der Waals surface area contributed by atoms with Crippen LogP contribution in [0, 0.1) is 5.41 Å². The van der Waals surface area contributed by atoms with Crippen molar-refractivity contribution in [1.29, 1.82) is 0 Å². The highest BCUT2D eigenvalue weighted by molar-refractivity contribution is 7.99. The molecule has 5 nitrogen and oxygen atoms in total. The summed E-state index contributed by atoms with van der Waals surface area (Å²) < 4.78 is 2.08. The topological polar surface area (TPSA) is 67.2 Å². The van der Waals surface area contributed by atoms with Gasteiger partial charge in [-0.05, 0) is 37.1 Å². The van der Waals surface area contributed by atoms with E-state index in [-0.39, 0.29) is 17.9 Å². The molecule has 0 radical (unpaired) electrons. The molecule has 1 saturated carbocycles. The summed E-state index contributed by atoms with van der Waals surface area (Å²) in [5, 5.41) is 11.9. The smallest absolute Gasteiger partial charge is 0.251 e. The van der Waals surface area contributed by atoms with Gasteiger partial charge in [-0.15, -0.1) is 11.8 Å². The number of hydrogen-bond donors (Lipinski definition) is 2. The number of benzene rings is 1. The molecule has 23 heavy (non-hydrogen) atoms. The van der Waals surface area contributed by atoms with Crippen LogP contribution in [0.5, 0.6) is 0 Å². The van der Waals surface area contributed by atoms with E-state index in [4.69, 9.17) is 5.11 Å². The fourth-order valence-electron chi connectivity index (χ4n) is 2.57. The van der Waals surface area contributed by atoms with Gasteiger partial charge in [0.15, 0.2) is 0 Å². The zero-order valence-electron chi connectivity index (χ0n) is 12.9. The standard InChI is InChI=1S/C17H21N3O2S/c21-9-10-23-15-3-1-14(2-4-15)16(22)19-11-17(5-6-17)12-20-8-7-18-13-20/h1-4,7-8,13,21H,5-6,9-12H2,(H,19,22). The molecule has 0 aliphatic heterocycles. The maximum atomic E-state index is 12.3. The predicted octanol–water partition coefficient (Wildman–Crippen LogP) is 2.18. The van der Waals surface area contributed by atoms with Crippen molar-refractivity contribution in [2.45, 2.75) is 24.3 Å². The first kappa shape index (κ1) is 16.1. The van der Waals surface area contributed by atoms with Crippen LogP contribution in [-0.2, 0) is 6.54 Å². The lowest BCUT2D eigenvalue weighted by molar-refractivity contribution is 0.0943. The van der Waals surface area contributed by atoms with Gasteiger partial charge in [0.2, 0.25) is 0 Å². The van der Waals surface area contributed by atoms with E-state index >= 15 is 0 Å². The van der Waals surface area contributed by atoms with Gasteiger partial charge in [-0.25, -0.2) is 4.98 Å². The summed E-state index contributed by atoms with van der Waals surface area (Å²) in [5.41, 5.74) is 0.865. The second kappa shape index (κ2) is 7.19. The number of carbonyl (C=O) groups is 1. The molecule has 6 heteroatoms. The molecule has 1 aromatic carbocycles. The molecule has 1 aliphatic rings. The van der Waals surface area contributed by atoms with E-state index in [1.54, 1.807) is 18.0 Å². The summed E-state index contributed by atoms with van der Waals surface area (Å²) >= 11 is 1.58. The summed E-state index contributed by atoms with van der Waals surface area (Å²) in [6, 6.07) is 7.52. The lowest BCUT2D eigenvalue weighted by Crippen LogP contribution is -2.32. The Hall–Kier alpha value is -1.79. The number of nitrogens with one attached hydrogen (secondary N) is 1. The SMILES string of the molecule is O=C(NCC1(Cn2ccnc2)CC1)c1ccc(SCCO)cc1. The highest BCUT2D eigenvalue weighted by Gasteiger charge is 2.42. The minimum Gasteiger partial charge on any atom is -0.396 e. The molecular formula is C17H21N3O2S. The zero-order chi connectivity index (χ0) is 16.1. The van der Waals surface area contributed by atoms with E-state index in [0.29, 0.717) is 17.9 Å². The van der Waals surface area contributed by atoms with Gasteiger partial charge in [0.05, 0.1) is 12.9 Å². The maximum absolute atomic E-state index is 12.3. The summed E-state index contributed by atoms with van der Waals surface area (Å²) in [7, 11) is 0. The van der Waals surface area contributed by atoms with Gasteiger partial charge in [0, 0.05) is 47.1 Å². The number of hydrogen-bond acceptors (Lipinski definition) is 4. The Labute approximate surface area is 140 Å². The van der Waals surface area contributed by atoms with Crippen molar-refractivity contribution in [2.75, 3.05) is 18.9 Å². The van der Waals surface area contributed by atoms with Crippen molar-refractivity contribution in [1.82, 2.24) is 14.9 Å². The third-order valence-electron chi connectivity index (χ3n) is 4.13. The van der Waals surface area contributed by atoms with Crippen molar-refractivity contribution in [3.8, 4) is 0 Å². The average molecular weight is 331 g/mol. The third kappa shape index (κ3) is 4.36. The average Bonchev–Trinajstić information content (AvgIpc) is 3.15. The highest BCUT2D eigenvalue weighted by Crippen LogP contribution is 2.46. The van der Waals surface area contributed by atoms with Crippen LogP contribution < -0.4 is 5.32 Å². The lowest BCUT2D eigenvalue weighted by atomic mass is 10.1. The Morgan fingerprint density at radius 3 is 2.74 bits per heavy atom. The number of aliphatic hydroxyl groups excluding tert-OH is 1. The van der Waals surface area contributed by atoms with Crippen LogP contribution >= 0.6 is 11.8 Å². The molecule has 2 aromatic rings. The second-order valence-electron chi connectivity index (χ2n) is 6.01. The van der Waals surface area contributed by atoms with E-state index < -0.39 is 0 Å². The quantitative estimate of drug-likeness (QED) is 0.728. The van der Waals surface area contributed by atoms with Crippen LogP contribution in [0.25, 0.3) is 0 Å². The molecule has 122 valence electrons. The third-order valence-corrected chi connectivity index (χ3v) is 5.13. The van der Waals surface area contributed by atoms with E-state index in [2.05, 4.69) is 14.9 Å². The number of aliphatic hydroxyl groups is 1. The fourth-order valence-corrected chi connectivity index (χ4v) is 3.23. The van der Waals surface area contributed by atoms with Gasteiger partial charge in [0.1, 0.15) is 0 Å². The molecule has 1 aromatic heterocycles. The first-order valence-corrected chi connectivity index (χ1v) is 8.77. The molecular weight excluding hydrogens is 310 g/mol. The van der Waals surface area contributed by atoms with Crippen LogP contribution in [0.3, 0.4) is 0 Å².